The Morgan fingerprint density at radius 2 is 1.85 bits per heavy atom. The zero-order chi connectivity index (χ0) is 24.0. The molecular formula is C21H15F3N8OS. The molecular weight excluding hydrogens is 469 g/mol. The molecule has 5 aromatic rings. The average Bonchev–Trinajstić information content (AvgIpc) is 3.51. The van der Waals surface area contributed by atoms with E-state index in [4.69, 9.17) is 0 Å². The third-order valence-corrected chi connectivity index (χ3v) is 5.87. The van der Waals surface area contributed by atoms with E-state index in [0.29, 0.717) is 26.6 Å². The minimum atomic E-state index is -4.85. The van der Waals surface area contributed by atoms with Crippen molar-refractivity contribution in [1.29, 1.82) is 0 Å². The Morgan fingerprint density at radius 1 is 1.09 bits per heavy atom. The minimum absolute atomic E-state index is 0.141. The number of hydrogen-bond acceptors (Lipinski definition) is 7. The van der Waals surface area contributed by atoms with Crippen molar-refractivity contribution >= 4 is 33.1 Å². The normalized spacial score (nSPS) is 11.8. The van der Waals surface area contributed by atoms with Crippen LogP contribution in [0.25, 0.3) is 21.7 Å². The summed E-state index contributed by atoms with van der Waals surface area (Å²) >= 11 is 1.36. The molecule has 4 aromatic heterocycles. The van der Waals surface area contributed by atoms with Gasteiger partial charge in [-0.3, -0.25) is 4.79 Å². The number of aromatic nitrogens is 7. The first-order chi connectivity index (χ1) is 16.2. The summed E-state index contributed by atoms with van der Waals surface area (Å²) in [5, 5.41) is 15.1. The highest BCUT2D eigenvalue weighted by molar-refractivity contribution is 7.18. The number of carbonyl (C=O) groups is 1. The van der Waals surface area contributed by atoms with Crippen LogP contribution in [0.15, 0.2) is 49.1 Å². The van der Waals surface area contributed by atoms with Crippen LogP contribution in [0.4, 0.5) is 18.9 Å². The fraction of sp³-hybridized carbons (Fsp3) is 0.143. The lowest BCUT2D eigenvalue weighted by atomic mass is 10.2. The summed E-state index contributed by atoms with van der Waals surface area (Å²) in [6, 6.07) is 6.45. The summed E-state index contributed by atoms with van der Waals surface area (Å²) in [7, 11) is 0. The van der Waals surface area contributed by atoms with Crippen molar-refractivity contribution in [2.45, 2.75) is 20.0 Å². The molecule has 1 aromatic carbocycles. The van der Waals surface area contributed by atoms with Gasteiger partial charge in [-0.05, 0) is 37.6 Å². The van der Waals surface area contributed by atoms with Gasteiger partial charge in [-0.1, -0.05) is 6.07 Å². The molecule has 0 aliphatic carbocycles. The highest BCUT2D eigenvalue weighted by Gasteiger charge is 2.41. The number of rotatable bonds is 4. The molecule has 34 heavy (non-hydrogen) atoms. The Balaban J connectivity index is 1.53. The van der Waals surface area contributed by atoms with Crippen molar-refractivity contribution in [1.82, 2.24) is 34.7 Å². The second kappa shape index (κ2) is 8.02. The molecule has 5 rings (SSSR count). The lowest BCUT2D eigenvalue weighted by Crippen LogP contribution is -2.21. The van der Waals surface area contributed by atoms with Gasteiger partial charge in [-0.2, -0.15) is 28.5 Å². The van der Waals surface area contributed by atoms with Crippen molar-refractivity contribution in [2.24, 2.45) is 0 Å². The number of pyridine rings is 1. The molecule has 0 radical (unpaired) electrons. The number of thiazole rings is 1. The Kier molecular flexibility index (Phi) is 5.12. The van der Waals surface area contributed by atoms with Gasteiger partial charge >= 0.3 is 6.18 Å². The molecule has 0 aliphatic rings. The van der Waals surface area contributed by atoms with Crippen LogP contribution in [0, 0.1) is 13.8 Å². The zero-order valence-corrected chi connectivity index (χ0v) is 18.5. The van der Waals surface area contributed by atoms with E-state index in [2.05, 4.69) is 30.6 Å². The number of carbonyl (C=O) groups excluding carboxylic acids is 1. The maximum absolute atomic E-state index is 14.1. The first-order valence-corrected chi connectivity index (χ1v) is 10.7. The molecule has 9 nitrogen and oxygen atoms in total. The van der Waals surface area contributed by atoms with Gasteiger partial charge in [-0.15, -0.1) is 16.1 Å². The van der Waals surface area contributed by atoms with Crippen molar-refractivity contribution in [3.63, 3.8) is 0 Å². The number of para-hydroxylation sites is 1. The molecule has 0 bridgehead atoms. The van der Waals surface area contributed by atoms with E-state index in [9.17, 15) is 18.0 Å². The molecule has 0 saturated heterocycles. The summed E-state index contributed by atoms with van der Waals surface area (Å²) in [6.45, 7) is 3.49. The molecule has 1 N–H and O–H groups in total. The monoisotopic (exact) mass is 484 g/mol. The maximum atomic E-state index is 14.1. The van der Waals surface area contributed by atoms with Crippen LogP contribution in [-0.2, 0) is 6.18 Å². The molecule has 0 fully saturated rings. The van der Waals surface area contributed by atoms with Crippen molar-refractivity contribution in [3.8, 4) is 11.5 Å². The second-order valence-electron chi connectivity index (χ2n) is 7.31. The average molecular weight is 484 g/mol. The highest BCUT2D eigenvalue weighted by Crippen LogP contribution is 2.36. The Bertz CT molecular complexity index is 1520. The first kappa shape index (κ1) is 21.7. The standard InChI is InChI=1S/C21H15F3N8OS/c1-11-8-13(9-25-19(11)32-26-6-7-27-32)30-20(33)14-10-28-31(18(14)21(22,23)24)15-4-3-5-16-17(15)29-12(2)34-16/h3-10H,1-2H3,(H,30,33). The van der Waals surface area contributed by atoms with E-state index in [1.54, 1.807) is 32.0 Å². The van der Waals surface area contributed by atoms with Gasteiger partial charge in [0.1, 0.15) is 5.52 Å². The fourth-order valence-electron chi connectivity index (χ4n) is 3.55. The molecule has 0 saturated carbocycles. The van der Waals surface area contributed by atoms with Crippen molar-refractivity contribution < 1.29 is 18.0 Å². The van der Waals surface area contributed by atoms with Crippen LogP contribution in [0.1, 0.15) is 26.6 Å². The number of hydrogen-bond donors (Lipinski definition) is 1. The molecule has 1 amide bonds. The smallest absolute Gasteiger partial charge is 0.320 e. The molecule has 4 heterocycles. The van der Waals surface area contributed by atoms with Gasteiger partial charge in [-0.25, -0.2) is 14.6 Å². The fourth-order valence-corrected chi connectivity index (χ4v) is 4.40. The highest BCUT2D eigenvalue weighted by atomic mass is 32.1. The van der Waals surface area contributed by atoms with Gasteiger partial charge in [0.25, 0.3) is 5.91 Å². The van der Waals surface area contributed by atoms with Crippen LogP contribution >= 0.6 is 11.3 Å². The topological polar surface area (TPSA) is 103 Å². The number of anilines is 1. The largest absolute Gasteiger partial charge is 0.434 e. The van der Waals surface area contributed by atoms with E-state index in [0.717, 1.165) is 10.9 Å². The number of nitrogens with one attached hydrogen (secondary N) is 1. The van der Waals surface area contributed by atoms with Crippen LogP contribution in [0.2, 0.25) is 0 Å². The predicted molar refractivity (Wildman–Crippen MR) is 118 cm³/mol. The van der Waals surface area contributed by atoms with Gasteiger partial charge < -0.3 is 5.32 Å². The molecule has 0 unspecified atom stereocenters. The van der Waals surface area contributed by atoms with Gasteiger partial charge in [0.15, 0.2) is 11.5 Å². The molecule has 0 atom stereocenters. The molecule has 0 spiro atoms. The van der Waals surface area contributed by atoms with Gasteiger partial charge in [0, 0.05) is 0 Å². The zero-order valence-electron chi connectivity index (χ0n) is 17.7. The lowest BCUT2D eigenvalue weighted by Gasteiger charge is -2.13. The molecule has 172 valence electrons. The van der Waals surface area contributed by atoms with E-state index >= 15 is 0 Å². The van der Waals surface area contributed by atoms with Crippen LogP contribution in [0.5, 0.6) is 0 Å². The number of nitrogens with zero attached hydrogens (tertiary/aromatic N) is 7. The van der Waals surface area contributed by atoms with Gasteiger partial charge in [0.05, 0.1) is 51.4 Å². The van der Waals surface area contributed by atoms with E-state index < -0.39 is 23.3 Å². The number of benzene rings is 1. The Labute approximate surface area is 193 Å². The number of fused-ring (bicyclic) bond motifs is 1. The summed E-state index contributed by atoms with van der Waals surface area (Å²) in [6.07, 6.45) is 0.347. The second-order valence-corrected chi connectivity index (χ2v) is 8.55. The number of aryl methyl sites for hydroxylation is 2. The van der Waals surface area contributed by atoms with E-state index in [1.807, 2.05) is 0 Å². The summed E-state index contributed by atoms with van der Waals surface area (Å²) < 4.78 is 43.8. The first-order valence-electron chi connectivity index (χ1n) is 9.89. The number of alkyl halides is 3. The minimum Gasteiger partial charge on any atom is -0.320 e. The number of halogens is 3. The van der Waals surface area contributed by atoms with Crippen LogP contribution in [-0.4, -0.2) is 40.6 Å². The summed E-state index contributed by atoms with van der Waals surface area (Å²) in [5.74, 6) is -0.537. The third-order valence-electron chi connectivity index (χ3n) is 4.93. The van der Waals surface area contributed by atoms with Crippen molar-refractivity contribution in [3.05, 3.63) is 70.9 Å². The van der Waals surface area contributed by atoms with E-state index in [1.165, 1.54) is 40.8 Å². The predicted octanol–water partition coefficient (Wildman–Crippen LogP) is 4.35. The van der Waals surface area contributed by atoms with E-state index in [-0.39, 0.29) is 11.4 Å². The quantitative estimate of drug-likeness (QED) is 0.407. The number of amides is 1. The molecule has 0 aliphatic heterocycles. The third kappa shape index (κ3) is 3.79. The Hall–Kier alpha value is -4.13. The van der Waals surface area contributed by atoms with Crippen molar-refractivity contribution in [2.75, 3.05) is 5.32 Å². The maximum Gasteiger partial charge on any atom is 0.434 e. The van der Waals surface area contributed by atoms with Gasteiger partial charge in [0.2, 0.25) is 0 Å². The lowest BCUT2D eigenvalue weighted by molar-refractivity contribution is -0.143. The molecule has 13 heteroatoms. The van der Waals surface area contributed by atoms with Crippen LogP contribution in [0.3, 0.4) is 0 Å². The summed E-state index contributed by atoms with van der Waals surface area (Å²) in [4.78, 5) is 22.7. The Morgan fingerprint density at radius 3 is 2.56 bits per heavy atom. The van der Waals surface area contributed by atoms with Crippen LogP contribution < -0.4 is 5.32 Å². The SMILES string of the molecule is Cc1nc2c(-n3ncc(C(=O)Nc4cnc(-n5nccn5)c(C)c4)c3C(F)(F)F)cccc2s1. The summed E-state index contributed by atoms with van der Waals surface area (Å²) in [5.41, 5.74) is -0.449.